The van der Waals surface area contributed by atoms with Crippen LogP contribution >= 0.6 is 0 Å². The van der Waals surface area contributed by atoms with E-state index in [1.54, 1.807) is 18.3 Å². The van der Waals surface area contributed by atoms with Crippen LogP contribution in [0.25, 0.3) is 0 Å². The van der Waals surface area contributed by atoms with E-state index in [0.29, 0.717) is 0 Å². The third-order valence-electron chi connectivity index (χ3n) is 1.15. The van der Waals surface area contributed by atoms with Crippen LogP contribution in [0, 0.1) is 4.78 Å². The number of rotatable bonds is 2. The van der Waals surface area contributed by atoms with Gasteiger partial charge in [-0.2, -0.15) is 0 Å². The van der Waals surface area contributed by atoms with Crippen LogP contribution < -0.4 is 0 Å². The molecule has 1 aromatic heterocycles. The first-order valence-electron chi connectivity index (χ1n) is 3.19. The molecule has 1 atom stereocenters. The fourth-order valence-electron chi connectivity index (χ4n) is 0.766. The van der Waals surface area contributed by atoms with Gasteiger partial charge in [-0.3, -0.25) is 9.76 Å². The summed E-state index contributed by atoms with van der Waals surface area (Å²) in [4.78, 5) is 3.96. The molecule has 1 aromatic rings. The van der Waals surface area contributed by atoms with E-state index in [1.807, 2.05) is 6.07 Å². The molecule has 0 aromatic carbocycles. The Morgan fingerprint density at radius 1 is 1.64 bits per heavy atom. The molecule has 0 aliphatic heterocycles. The summed E-state index contributed by atoms with van der Waals surface area (Å²) in [5, 5.41) is 0. The summed E-state index contributed by atoms with van der Waals surface area (Å²) in [6.07, 6.45) is 3.06. The highest BCUT2D eigenvalue weighted by Crippen LogP contribution is 1.99. The lowest BCUT2D eigenvalue weighted by molar-refractivity contribution is 0.678. The molecule has 0 saturated heterocycles. The predicted octanol–water partition coefficient (Wildman–Crippen LogP) is 1.26. The van der Waals surface area contributed by atoms with Gasteiger partial charge in [-0.15, -0.1) is 0 Å². The van der Waals surface area contributed by atoms with E-state index in [4.69, 9.17) is 4.78 Å². The maximum atomic E-state index is 11.0. The van der Waals surface area contributed by atoms with Gasteiger partial charge in [0.05, 0.1) is 11.4 Å². The minimum absolute atomic E-state index is 0.244. The molecule has 0 aliphatic rings. The summed E-state index contributed by atoms with van der Waals surface area (Å²) >= 11 is 0. The second kappa shape index (κ2) is 3.00. The van der Waals surface area contributed by atoms with Crippen LogP contribution in [0.1, 0.15) is 5.69 Å². The van der Waals surface area contributed by atoms with Crippen LogP contribution in [0.3, 0.4) is 0 Å². The molecule has 1 N–H and O–H groups in total. The quantitative estimate of drug-likeness (QED) is 0.726. The Morgan fingerprint density at radius 3 is 2.82 bits per heavy atom. The standard InChI is InChI=1S/C7H10N2OS/c1-11(8,10)6-7-4-2-3-5-9-7/h2-5,8H,6H2,1H3. The van der Waals surface area contributed by atoms with Crippen molar-refractivity contribution in [1.82, 2.24) is 4.98 Å². The molecule has 3 nitrogen and oxygen atoms in total. The average molecular weight is 170 g/mol. The number of nitrogens with one attached hydrogen (secondary N) is 1. The molecule has 0 fully saturated rings. The van der Waals surface area contributed by atoms with Crippen molar-refractivity contribution in [3.05, 3.63) is 30.1 Å². The Labute approximate surface area is 66.4 Å². The van der Waals surface area contributed by atoms with Crippen LogP contribution in [-0.2, 0) is 15.5 Å². The maximum Gasteiger partial charge on any atom is 0.0736 e. The number of pyridine rings is 1. The predicted molar refractivity (Wildman–Crippen MR) is 44.7 cm³/mol. The van der Waals surface area contributed by atoms with Gasteiger partial charge in [0, 0.05) is 22.2 Å². The van der Waals surface area contributed by atoms with E-state index in [-0.39, 0.29) is 5.75 Å². The highest BCUT2D eigenvalue weighted by molar-refractivity contribution is 7.90. The Morgan fingerprint density at radius 2 is 2.36 bits per heavy atom. The van der Waals surface area contributed by atoms with Crippen LogP contribution in [0.15, 0.2) is 24.4 Å². The van der Waals surface area contributed by atoms with Crippen LogP contribution in [0.4, 0.5) is 0 Å². The first-order chi connectivity index (χ1) is 5.08. The van der Waals surface area contributed by atoms with E-state index in [9.17, 15) is 4.21 Å². The van der Waals surface area contributed by atoms with Crippen LogP contribution in [0.2, 0.25) is 0 Å². The molecule has 60 valence electrons. The van der Waals surface area contributed by atoms with E-state index in [1.165, 1.54) is 6.26 Å². The van der Waals surface area contributed by atoms with Gasteiger partial charge in [0.2, 0.25) is 0 Å². The average Bonchev–Trinajstić information content (AvgIpc) is 1.85. The monoisotopic (exact) mass is 170 g/mol. The Bertz CT molecular complexity index is 318. The van der Waals surface area contributed by atoms with Gasteiger partial charge in [0.25, 0.3) is 0 Å². The minimum Gasteiger partial charge on any atom is -0.260 e. The fourth-order valence-corrected chi connectivity index (χ4v) is 1.50. The molecule has 1 unspecified atom stereocenters. The van der Waals surface area contributed by atoms with Crippen LogP contribution in [-0.4, -0.2) is 15.4 Å². The van der Waals surface area contributed by atoms with Crippen molar-refractivity contribution in [2.24, 2.45) is 0 Å². The van der Waals surface area contributed by atoms with Gasteiger partial charge in [-0.1, -0.05) is 6.07 Å². The molecule has 4 heteroatoms. The van der Waals surface area contributed by atoms with Gasteiger partial charge in [-0.25, -0.2) is 4.21 Å². The molecule has 0 aliphatic carbocycles. The normalized spacial score (nSPS) is 15.7. The zero-order valence-corrected chi connectivity index (χ0v) is 7.10. The fraction of sp³-hybridized carbons (Fsp3) is 0.286. The van der Waals surface area contributed by atoms with Crippen molar-refractivity contribution >= 4 is 9.73 Å². The van der Waals surface area contributed by atoms with Gasteiger partial charge in [0.15, 0.2) is 0 Å². The summed E-state index contributed by atoms with van der Waals surface area (Å²) in [5.74, 6) is 0.244. The summed E-state index contributed by atoms with van der Waals surface area (Å²) < 4.78 is 18.1. The smallest absolute Gasteiger partial charge is 0.0736 e. The number of aromatic nitrogens is 1. The van der Waals surface area contributed by atoms with E-state index < -0.39 is 9.73 Å². The summed E-state index contributed by atoms with van der Waals surface area (Å²) in [7, 11) is -2.44. The lowest BCUT2D eigenvalue weighted by Crippen LogP contribution is -1.99. The summed E-state index contributed by atoms with van der Waals surface area (Å²) in [6, 6.07) is 5.40. The molecule has 0 radical (unpaired) electrons. The van der Waals surface area contributed by atoms with Gasteiger partial charge in [-0.05, 0) is 12.1 Å². The van der Waals surface area contributed by atoms with Crippen molar-refractivity contribution in [3.8, 4) is 0 Å². The largest absolute Gasteiger partial charge is 0.260 e. The molecule has 1 rings (SSSR count). The molecular weight excluding hydrogens is 160 g/mol. The molecule has 11 heavy (non-hydrogen) atoms. The lowest BCUT2D eigenvalue weighted by atomic mass is 10.4. The Kier molecular flexibility index (Phi) is 2.24. The van der Waals surface area contributed by atoms with Crippen molar-refractivity contribution < 1.29 is 4.21 Å². The first kappa shape index (κ1) is 8.20. The zero-order chi connectivity index (χ0) is 8.32. The van der Waals surface area contributed by atoms with Crippen molar-refractivity contribution in [3.63, 3.8) is 0 Å². The lowest BCUT2D eigenvalue weighted by Gasteiger charge is -1.98. The Hall–Kier alpha value is -0.900. The third kappa shape index (κ3) is 3.13. The molecule has 0 saturated carbocycles. The molecular formula is C7H10N2OS. The molecule has 0 bridgehead atoms. The zero-order valence-electron chi connectivity index (χ0n) is 6.28. The first-order valence-corrected chi connectivity index (χ1v) is 5.33. The van der Waals surface area contributed by atoms with Crippen molar-refractivity contribution in [1.29, 1.82) is 4.78 Å². The van der Waals surface area contributed by atoms with E-state index in [0.717, 1.165) is 5.69 Å². The molecule has 1 heterocycles. The van der Waals surface area contributed by atoms with Crippen molar-refractivity contribution in [2.45, 2.75) is 5.75 Å². The number of nitrogens with zero attached hydrogens (tertiary/aromatic N) is 1. The van der Waals surface area contributed by atoms with Gasteiger partial charge >= 0.3 is 0 Å². The highest BCUT2D eigenvalue weighted by atomic mass is 32.2. The third-order valence-corrected chi connectivity index (χ3v) is 2.00. The minimum atomic E-state index is -2.44. The SMILES string of the molecule is CS(=N)(=O)Cc1ccccn1. The van der Waals surface area contributed by atoms with Crippen LogP contribution in [0.5, 0.6) is 0 Å². The second-order valence-corrected chi connectivity index (χ2v) is 4.77. The van der Waals surface area contributed by atoms with E-state index in [2.05, 4.69) is 4.98 Å². The van der Waals surface area contributed by atoms with Gasteiger partial charge < -0.3 is 0 Å². The summed E-state index contributed by atoms with van der Waals surface area (Å²) in [5.41, 5.74) is 0.718. The Balaban J connectivity index is 2.82. The topological polar surface area (TPSA) is 53.8 Å². The molecule has 0 spiro atoms. The van der Waals surface area contributed by atoms with E-state index >= 15 is 0 Å². The summed E-state index contributed by atoms with van der Waals surface area (Å²) in [6.45, 7) is 0. The number of hydrogen-bond acceptors (Lipinski definition) is 3. The number of hydrogen-bond donors (Lipinski definition) is 1. The highest BCUT2D eigenvalue weighted by Gasteiger charge is 1.99. The molecule has 0 amide bonds. The van der Waals surface area contributed by atoms with Crippen molar-refractivity contribution in [2.75, 3.05) is 6.26 Å². The van der Waals surface area contributed by atoms with Gasteiger partial charge in [0.1, 0.15) is 0 Å². The maximum absolute atomic E-state index is 11.0. The second-order valence-electron chi connectivity index (χ2n) is 2.47.